The van der Waals surface area contributed by atoms with Crippen molar-refractivity contribution in [2.24, 2.45) is 10.4 Å². The van der Waals surface area contributed by atoms with Gasteiger partial charge in [0.05, 0.1) is 11.9 Å². The first kappa shape index (κ1) is 21.3. The van der Waals surface area contributed by atoms with E-state index in [4.69, 9.17) is 11.6 Å². The van der Waals surface area contributed by atoms with E-state index in [1.165, 1.54) is 6.20 Å². The molecule has 9 heteroatoms. The fourth-order valence-electron chi connectivity index (χ4n) is 2.25. The molecule has 1 atom stereocenters. The lowest BCUT2D eigenvalue weighted by atomic mass is 9.92. The zero-order valence-electron chi connectivity index (χ0n) is 15.8. The maximum absolute atomic E-state index is 12.6. The zero-order valence-corrected chi connectivity index (χ0v) is 16.6. The normalized spacial score (nSPS) is 12.9. The number of nitrogens with one attached hydrogen (secondary N) is 2. The van der Waals surface area contributed by atoms with Gasteiger partial charge in [-0.05, 0) is 36.4 Å². The molecule has 0 saturated heterocycles. The van der Waals surface area contributed by atoms with Crippen LogP contribution in [0.3, 0.4) is 0 Å². The SMILES string of the molecule is CC(C)(C)C(N=C(C[N+](=O)[O-])Nc1cccnc1)NC(=O)c1ccc(Cl)cc1. The second kappa shape index (κ2) is 9.27. The van der Waals surface area contributed by atoms with E-state index in [1.807, 2.05) is 20.8 Å². The van der Waals surface area contributed by atoms with Crippen LogP contribution in [0.2, 0.25) is 5.02 Å². The molecule has 0 bridgehead atoms. The first-order valence-electron chi connectivity index (χ1n) is 8.57. The number of hydrogen-bond acceptors (Lipinski definition) is 5. The van der Waals surface area contributed by atoms with Gasteiger partial charge in [-0.1, -0.05) is 32.4 Å². The van der Waals surface area contributed by atoms with E-state index >= 15 is 0 Å². The van der Waals surface area contributed by atoms with Crippen LogP contribution in [-0.2, 0) is 0 Å². The number of pyridine rings is 1. The minimum atomic E-state index is -0.699. The summed E-state index contributed by atoms with van der Waals surface area (Å²) in [5, 5.41) is 17.3. The molecule has 148 valence electrons. The van der Waals surface area contributed by atoms with Crippen molar-refractivity contribution in [3.8, 4) is 0 Å². The molecule has 0 spiro atoms. The number of amides is 1. The fraction of sp³-hybridized carbons (Fsp3) is 0.316. The first-order chi connectivity index (χ1) is 13.1. The molecule has 0 aliphatic carbocycles. The highest BCUT2D eigenvalue weighted by Crippen LogP contribution is 2.21. The number of benzene rings is 1. The molecule has 28 heavy (non-hydrogen) atoms. The van der Waals surface area contributed by atoms with E-state index in [1.54, 1.807) is 42.6 Å². The highest BCUT2D eigenvalue weighted by Gasteiger charge is 2.27. The molecule has 1 amide bonds. The van der Waals surface area contributed by atoms with Gasteiger partial charge in [-0.15, -0.1) is 0 Å². The molecule has 0 fully saturated rings. The number of carbonyl (C=O) groups excluding carboxylic acids is 1. The number of nitrogens with zero attached hydrogens (tertiary/aromatic N) is 3. The lowest BCUT2D eigenvalue weighted by Gasteiger charge is -2.28. The molecule has 2 rings (SSSR count). The molecule has 1 unspecified atom stereocenters. The van der Waals surface area contributed by atoms with E-state index in [0.29, 0.717) is 16.3 Å². The third kappa shape index (κ3) is 6.62. The molecule has 8 nitrogen and oxygen atoms in total. The second-order valence-corrected chi connectivity index (χ2v) is 7.62. The minimum Gasteiger partial charge on any atom is -0.337 e. The van der Waals surface area contributed by atoms with Gasteiger partial charge in [-0.3, -0.25) is 19.9 Å². The average Bonchev–Trinajstić information content (AvgIpc) is 2.61. The minimum absolute atomic E-state index is 0.120. The molecule has 0 aliphatic rings. The Morgan fingerprint density at radius 2 is 1.96 bits per heavy atom. The molecule has 0 radical (unpaired) electrons. The molecule has 1 aromatic carbocycles. The zero-order chi connectivity index (χ0) is 20.7. The number of anilines is 1. The summed E-state index contributed by atoms with van der Waals surface area (Å²) in [5.41, 5.74) is 0.505. The van der Waals surface area contributed by atoms with Crippen molar-refractivity contribution in [1.82, 2.24) is 10.3 Å². The molecular formula is C19H22ClN5O3. The summed E-state index contributed by atoms with van der Waals surface area (Å²) in [5.74, 6) is -0.225. The van der Waals surface area contributed by atoms with Gasteiger partial charge in [0, 0.05) is 27.1 Å². The van der Waals surface area contributed by atoms with E-state index in [-0.39, 0.29) is 11.7 Å². The smallest absolute Gasteiger partial charge is 0.260 e. The number of halogens is 1. The number of rotatable bonds is 6. The number of hydrogen-bond donors (Lipinski definition) is 2. The second-order valence-electron chi connectivity index (χ2n) is 7.18. The van der Waals surface area contributed by atoms with Crippen LogP contribution in [-0.4, -0.2) is 34.4 Å². The molecule has 2 aromatic rings. The summed E-state index contributed by atoms with van der Waals surface area (Å²) in [6.07, 6.45) is 2.43. The third-order valence-corrected chi connectivity index (χ3v) is 3.96. The summed E-state index contributed by atoms with van der Waals surface area (Å²) in [6, 6.07) is 9.87. The maximum atomic E-state index is 12.6. The fourth-order valence-corrected chi connectivity index (χ4v) is 2.37. The number of amidine groups is 1. The number of aromatic nitrogens is 1. The quantitative estimate of drug-likeness (QED) is 0.331. The van der Waals surface area contributed by atoms with E-state index in [2.05, 4.69) is 20.6 Å². The molecule has 1 aromatic heterocycles. The van der Waals surface area contributed by atoms with Gasteiger partial charge in [-0.25, -0.2) is 4.99 Å². The predicted octanol–water partition coefficient (Wildman–Crippen LogP) is 3.62. The van der Waals surface area contributed by atoms with Crippen LogP contribution in [0.15, 0.2) is 53.8 Å². The Kier molecular flexibility index (Phi) is 7.06. The van der Waals surface area contributed by atoms with Crippen molar-refractivity contribution in [2.45, 2.75) is 26.9 Å². The first-order valence-corrected chi connectivity index (χ1v) is 8.95. The highest BCUT2D eigenvalue weighted by molar-refractivity contribution is 6.30. The Bertz CT molecular complexity index is 848. The van der Waals surface area contributed by atoms with Crippen molar-refractivity contribution in [2.75, 3.05) is 11.9 Å². The maximum Gasteiger partial charge on any atom is 0.260 e. The number of carbonyl (C=O) groups is 1. The van der Waals surface area contributed by atoms with Crippen LogP contribution in [0.4, 0.5) is 5.69 Å². The van der Waals surface area contributed by atoms with Crippen molar-refractivity contribution >= 4 is 29.0 Å². The van der Waals surface area contributed by atoms with Crippen LogP contribution in [0.25, 0.3) is 0 Å². The van der Waals surface area contributed by atoms with Gasteiger partial charge in [0.1, 0.15) is 6.17 Å². The van der Waals surface area contributed by atoms with Crippen LogP contribution >= 0.6 is 11.6 Å². The summed E-state index contributed by atoms with van der Waals surface area (Å²) in [6.45, 7) is 5.14. The Balaban J connectivity index is 2.28. The largest absolute Gasteiger partial charge is 0.337 e. The van der Waals surface area contributed by atoms with Crippen molar-refractivity contribution < 1.29 is 9.72 Å². The van der Waals surface area contributed by atoms with Gasteiger partial charge >= 0.3 is 0 Å². The third-order valence-electron chi connectivity index (χ3n) is 3.71. The Hall–Kier alpha value is -3.00. The highest BCUT2D eigenvalue weighted by atomic mass is 35.5. The number of nitro groups is 1. The van der Waals surface area contributed by atoms with Gasteiger partial charge < -0.3 is 10.6 Å². The Morgan fingerprint density at radius 1 is 1.29 bits per heavy atom. The average molecular weight is 404 g/mol. The molecule has 0 saturated carbocycles. The standard InChI is InChI=1S/C19H22ClN5O3/c1-19(2,3)18(24-17(26)13-6-8-14(20)9-7-13)23-16(12-25(27)28)22-15-5-4-10-21-11-15/h4-11,18H,12H2,1-3H3,(H,22,23)(H,24,26). The molecular weight excluding hydrogens is 382 g/mol. The van der Waals surface area contributed by atoms with E-state index in [9.17, 15) is 14.9 Å². The van der Waals surface area contributed by atoms with Crippen LogP contribution < -0.4 is 10.6 Å². The lowest BCUT2D eigenvalue weighted by molar-refractivity contribution is -0.463. The van der Waals surface area contributed by atoms with Gasteiger partial charge in [0.25, 0.3) is 12.5 Å². The summed E-state index contributed by atoms with van der Waals surface area (Å²) in [7, 11) is 0. The molecule has 1 heterocycles. The molecule has 2 N–H and O–H groups in total. The monoisotopic (exact) mass is 403 g/mol. The van der Waals surface area contributed by atoms with Gasteiger partial charge in [0.2, 0.25) is 0 Å². The van der Waals surface area contributed by atoms with Crippen molar-refractivity contribution in [3.63, 3.8) is 0 Å². The molecule has 0 aliphatic heterocycles. The summed E-state index contributed by atoms with van der Waals surface area (Å²) < 4.78 is 0. The van der Waals surface area contributed by atoms with Crippen molar-refractivity contribution in [1.29, 1.82) is 0 Å². The Morgan fingerprint density at radius 3 is 2.50 bits per heavy atom. The van der Waals surface area contributed by atoms with Crippen LogP contribution in [0.1, 0.15) is 31.1 Å². The van der Waals surface area contributed by atoms with E-state index < -0.39 is 23.0 Å². The summed E-state index contributed by atoms with van der Waals surface area (Å²) in [4.78, 5) is 31.6. The topological polar surface area (TPSA) is 110 Å². The summed E-state index contributed by atoms with van der Waals surface area (Å²) >= 11 is 5.86. The predicted molar refractivity (Wildman–Crippen MR) is 109 cm³/mol. The van der Waals surface area contributed by atoms with Crippen LogP contribution in [0, 0.1) is 15.5 Å². The van der Waals surface area contributed by atoms with E-state index in [0.717, 1.165) is 0 Å². The van der Waals surface area contributed by atoms with Gasteiger partial charge in [0.15, 0.2) is 5.84 Å². The lowest BCUT2D eigenvalue weighted by Crippen LogP contribution is -2.44. The van der Waals surface area contributed by atoms with Gasteiger partial charge in [-0.2, -0.15) is 0 Å². The van der Waals surface area contributed by atoms with Crippen molar-refractivity contribution in [3.05, 3.63) is 69.5 Å². The number of aliphatic imine (C=N–C) groups is 1. The Labute approximate surface area is 168 Å². The van der Waals surface area contributed by atoms with Crippen LogP contribution in [0.5, 0.6) is 0 Å².